The average Bonchev–Trinajstić information content (AvgIpc) is 2.41. The van der Waals surface area contributed by atoms with Gasteiger partial charge in [-0.3, -0.25) is 0 Å². The van der Waals surface area contributed by atoms with Gasteiger partial charge in [-0.15, -0.1) is 0 Å². The van der Waals surface area contributed by atoms with Crippen LogP contribution in [0.5, 0.6) is 0 Å². The van der Waals surface area contributed by atoms with Gasteiger partial charge in [-0.05, 0) is 18.2 Å². The molecule has 104 valence electrons. The van der Waals surface area contributed by atoms with E-state index >= 15 is 0 Å². The van der Waals surface area contributed by atoms with E-state index in [0.29, 0.717) is 17.8 Å². The number of aliphatic carboxylic acids is 1. The summed E-state index contributed by atoms with van der Waals surface area (Å²) in [4.78, 5) is 11.2. The van der Waals surface area contributed by atoms with Crippen LogP contribution >= 0.6 is 0 Å². The molecule has 2 aromatic rings. The average molecular weight is 281 g/mol. The van der Waals surface area contributed by atoms with Gasteiger partial charge in [-0.25, -0.2) is 18.0 Å². The van der Waals surface area contributed by atoms with Crippen molar-refractivity contribution >= 4 is 11.7 Å². The van der Waals surface area contributed by atoms with Crippen LogP contribution in [0.25, 0.3) is 0 Å². The number of carbonyl (C=O) groups is 1. The smallest absolute Gasteiger partial charge is 0.330 e. The maximum Gasteiger partial charge on any atom is 0.330 e. The maximum absolute atomic E-state index is 13.6. The second kappa shape index (κ2) is 5.64. The van der Waals surface area contributed by atoms with Crippen molar-refractivity contribution in [1.29, 1.82) is 0 Å². The summed E-state index contributed by atoms with van der Waals surface area (Å²) in [5.41, 5.74) is -0.0516. The third-order valence-electron chi connectivity index (χ3n) is 2.68. The van der Waals surface area contributed by atoms with Gasteiger partial charge in [0.2, 0.25) is 0 Å². The summed E-state index contributed by atoms with van der Waals surface area (Å²) in [5, 5.41) is 11.7. The number of para-hydroxylation sites is 1. The van der Waals surface area contributed by atoms with Crippen LogP contribution in [0.1, 0.15) is 11.6 Å². The molecule has 0 saturated carbocycles. The minimum atomic E-state index is -1.52. The van der Waals surface area contributed by atoms with E-state index in [9.17, 15) is 18.0 Å². The van der Waals surface area contributed by atoms with Gasteiger partial charge in [0, 0.05) is 17.3 Å². The van der Waals surface area contributed by atoms with E-state index in [2.05, 4.69) is 5.32 Å². The van der Waals surface area contributed by atoms with Crippen molar-refractivity contribution in [2.75, 3.05) is 5.32 Å². The number of hydrogen-bond donors (Lipinski definition) is 2. The van der Waals surface area contributed by atoms with E-state index < -0.39 is 35.0 Å². The number of halogens is 3. The molecule has 0 fully saturated rings. The van der Waals surface area contributed by atoms with E-state index in [1.54, 1.807) is 30.3 Å². The van der Waals surface area contributed by atoms with Crippen LogP contribution in [-0.4, -0.2) is 11.1 Å². The van der Waals surface area contributed by atoms with Crippen LogP contribution in [-0.2, 0) is 4.79 Å². The Kier molecular flexibility index (Phi) is 3.93. The number of nitrogens with one attached hydrogen (secondary N) is 1. The lowest BCUT2D eigenvalue weighted by atomic mass is 10.1. The number of rotatable bonds is 4. The second-order valence-corrected chi connectivity index (χ2v) is 4.07. The summed E-state index contributed by atoms with van der Waals surface area (Å²) in [5.74, 6) is -5.20. The molecule has 6 heteroatoms. The van der Waals surface area contributed by atoms with Crippen LogP contribution in [0.3, 0.4) is 0 Å². The summed E-state index contributed by atoms with van der Waals surface area (Å²) in [7, 11) is 0. The zero-order chi connectivity index (χ0) is 14.7. The zero-order valence-corrected chi connectivity index (χ0v) is 10.1. The maximum atomic E-state index is 13.6. The van der Waals surface area contributed by atoms with Crippen molar-refractivity contribution in [1.82, 2.24) is 0 Å². The highest BCUT2D eigenvalue weighted by Crippen LogP contribution is 2.24. The number of carboxylic acid groups (broad SMARTS) is 1. The van der Waals surface area contributed by atoms with Crippen LogP contribution in [0.4, 0.5) is 18.9 Å². The van der Waals surface area contributed by atoms with Crippen molar-refractivity contribution < 1.29 is 23.1 Å². The Morgan fingerprint density at radius 2 is 1.60 bits per heavy atom. The monoisotopic (exact) mass is 281 g/mol. The first-order valence-corrected chi connectivity index (χ1v) is 5.68. The molecule has 2 N–H and O–H groups in total. The van der Waals surface area contributed by atoms with Gasteiger partial charge >= 0.3 is 5.97 Å². The van der Waals surface area contributed by atoms with E-state index in [1.807, 2.05) is 0 Å². The van der Waals surface area contributed by atoms with Crippen molar-refractivity contribution in [2.24, 2.45) is 0 Å². The molecule has 1 atom stereocenters. The molecule has 2 rings (SSSR count). The van der Waals surface area contributed by atoms with E-state index in [1.165, 1.54) is 0 Å². The van der Waals surface area contributed by atoms with Crippen LogP contribution in [0, 0.1) is 17.5 Å². The van der Waals surface area contributed by atoms with Crippen molar-refractivity contribution in [3.63, 3.8) is 0 Å². The predicted octanol–water partition coefficient (Wildman–Crippen LogP) is 3.34. The second-order valence-electron chi connectivity index (χ2n) is 4.07. The van der Waals surface area contributed by atoms with Gasteiger partial charge in [-0.2, -0.15) is 0 Å². The SMILES string of the molecule is O=C(O)C(Nc1ccccc1)c1cc(F)c(F)cc1F. The Morgan fingerprint density at radius 3 is 2.20 bits per heavy atom. The molecule has 0 saturated heterocycles. The first-order valence-electron chi connectivity index (χ1n) is 5.68. The molecule has 2 aromatic carbocycles. The van der Waals surface area contributed by atoms with Crippen LogP contribution < -0.4 is 5.32 Å². The fourth-order valence-electron chi connectivity index (χ4n) is 1.73. The van der Waals surface area contributed by atoms with Gasteiger partial charge in [0.15, 0.2) is 17.7 Å². The molecule has 0 amide bonds. The van der Waals surface area contributed by atoms with Crippen LogP contribution in [0.2, 0.25) is 0 Å². The van der Waals surface area contributed by atoms with E-state index in [4.69, 9.17) is 5.11 Å². The normalized spacial score (nSPS) is 11.9. The molecule has 3 nitrogen and oxygen atoms in total. The minimum absolute atomic E-state index is 0.327. The quantitative estimate of drug-likeness (QED) is 0.845. The largest absolute Gasteiger partial charge is 0.479 e. The summed E-state index contributed by atoms with van der Waals surface area (Å²) in [6.07, 6.45) is 0. The fourth-order valence-corrected chi connectivity index (χ4v) is 1.73. The van der Waals surface area contributed by atoms with Gasteiger partial charge in [0.1, 0.15) is 5.82 Å². The third kappa shape index (κ3) is 2.90. The predicted molar refractivity (Wildman–Crippen MR) is 66.8 cm³/mol. The number of anilines is 1. The Labute approximate surface area is 112 Å². The van der Waals surface area contributed by atoms with Crippen molar-refractivity contribution in [2.45, 2.75) is 6.04 Å². The molecule has 0 aliphatic heterocycles. The summed E-state index contributed by atoms with van der Waals surface area (Å²) in [6.45, 7) is 0. The highest BCUT2D eigenvalue weighted by molar-refractivity contribution is 5.79. The first kappa shape index (κ1) is 13.9. The fraction of sp³-hybridized carbons (Fsp3) is 0.0714. The van der Waals surface area contributed by atoms with Crippen molar-refractivity contribution in [3.05, 3.63) is 65.5 Å². The number of hydrogen-bond acceptors (Lipinski definition) is 2. The van der Waals surface area contributed by atoms with Gasteiger partial charge < -0.3 is 10.4 Å². The molecule has 0 heterocycles. The molecule has 0 aromatic heterocycles. The Morgan fingerprint density at radius 1 is 1.00 bits per heavy atom. The third-order valence-corrected chi connectivity index (χ3v) is 2.68. The molecular weight excluding hydrogens is 271 g/mol. The molecular formula is C14H10F3NO2. The van der Waals surface area contributed by atoms with E-state index in [-0.39, 0.29) is 0 Å². The zero-order valence-electron chi connectivity index (χ0n) is 10.1. The minimum Gasteiger partial charge on any atom is -0.479 e. The lowest BCUT2D eigenvalue weighted by Crippen LogP contribution is -2.22. The van der Waals surface area contributed by atoms with Gasteiger partial charge in [0.05, 0.1) is 0 Å². The summed E-state index contributed by atoms with van der Waals surface area (Å²) >= 11 is 0. The highest BCUT2D eigenvalue weighted by Gasteiger charge is 2.25. The highest BCUT2D eigenvalue weighted by atomic mass is 19.2. The Hall–Kier alpha value is -2.50. The van der Waals surface area contributed by atoms with Crippen molar-refractivity contribution in [3.8, 4) is 0 Å². The van der Waals surface area contributed by atoms with Gasteiger partial charge in [0.25, 0.3) is 0 Å². The first-order chi connectivity index (χ1) is 9.49. The topological polar surface area (TPSA) is 49.3 Å². The van der Waals surface area contributed by atoms with Gasteiger partial charge in [-0.1, -0.05) is 18.2 Å². The Bertz CT molecular complexity index is 632. The molecule has 1 unspecified atom stereocenters. The molecule has 20 heavy (non-hydrogen) atoms. The van der Waals surface area contributed by atoms with Crippen LogP contribution in [0.15, 0.2) is 42.5 Å². The Balaban J connectivity index is 2.39. The van der Waals surface area contributed by atoms with E-state index in [0.717, 1.165) is 0 Å². The number of carboxylic acids is 1. The standard InChI is InChI=1S/C14H10F3NO2/c15-10-7-12(17)11(16)6-9(10)13(14(19)20)18-8-4-2-1-3-5-8/h1-7,13,18H,(H,19,20). The molecule has 0 aliphatic carbocycles. The molecule has 0 bridgehead atoms. The lowest BCUT2D eigenvalue weighted by molar-refractivity contribution is -0.138. The summed E-state index contributed by atoms with van der Waals surface area (Å²) in [6, 6.07) is 7.53. The molecule has 0 spiro atoms. The summed E-state index contributed by atoms with van der Waals surface area (Å²) < 4.78 is 39.7. The lowest BCUT2D eigenvalue weighted by Gasteiger charge is -2.17. The number of benzene rings is 2. The molecule has 0 aliphatic rings. The molecule has 0 radical (unpaired) electrons.